The van der Waals surface area contributed by atoms with Crippen molar-refractivity contribution in [1.29, 1.82) is 0 Å². The summed E-state index contributed by atoms with van der Waals surface area (Å²) >= 11 is 0. The first-order valence-corrected chi connectivity index (χ1v) is 4.48. The van der Waals surface area contributed by atoms with Crippen LogP contribution in [0.1, 0.15) is 33.6 Å². The number of hydrogen-bond donors (Lipinski definition) is 1. The summed E-state index contributed by atoms with van der Waals surface area (Å²) in [5, 5.41) is 8.60. The molecule has 1 fully saturated rings. The van der Waals surface area contributed by atoms with Gasteiger partial charge in [-0.2, -0.15) is 0 Å². The molecule has 1 aliphatic rings. The SMILES string of the molecule is CC(C)(C)OC1CC(=CCO)C1. The molecule has 1 rings (SSSR count). The van der Waals surface area contributed by atoms with Gasteiger partial charge in [-0.05, 0) is 33.6 Å². The van der Waals surface area contributed by atoms with Crippen LogP contribution in [0, 0.1) is 0 Å². The van der Waals surface area contributed by atoms with Crippen LogP contribution in [0.3, 0.4) is 0 Å². The van der Waals surface area contributed by atoms with Crippen LogP contribution in [0.25, 0.3) is 0 Å². The largest absolute Gasteiger partial charge is 0.392 e. The summed E-state index contributed by atoms with van der Waals surface area (Å²) in [5.41, 5.74) is 1.29. The van der Waals surface area contributed by atoms with E-state index in [4.69, 9.17) is 9.84 Å². The molecule has 0 aliphatic heterocycles. The topological polar surface area (TPSA) is 29.5 Å². The van der Waals surface area contributed by atoms with Gasteiger partial charge in [0.15, 0.2) is 0 Å². The van der Waals surface area contributed by atoms with Gasteiger partial charge in [0.05, 0.1) is 18.3 Å². The van der Waals surface area contributed by atoms with E-state index in [1.807, 2.05) is 6.08 Å². The van der Waals surface area contributed by atoms with Crippen molar-refractivity contribution in [2.24, 2.45) is 0 Å². The van der Waals surface area contributed by atoms with Crippen LogP contribution in [0.2, 0.25) is 0 Å². The molecule has 0 saturated heterocycles. The molecule has 0 spiro atoms. The van der Waals surface area contributed by atoms with Gasteiger partial charge < -0.3 is 9.84 Å². The zero-order valence-electron chi connectivity index (χ0n) is 8.13. The Morgan fingerprint density at radius 3 is 2.50 bits per heavy atom. The molecule has 0 aromatic rings. The highest BCUT2D eigenvalue weighted by Crippen LogP contribution is 2.31. The molecule has 1 N–H and O–H groups in total. The van der Waals surface area contributed by atoms with Crippen LogP contribution in [0.5, 0.6) is 0 Å². The van der Waals surface area contributed by atoms with E-state index in [1.165, 1.54) is 5.57 Å². The minimum absolute atomic E-state index is 0.0323. The van der Waals surface area contributed by atoms with Gasteiger partial charge in [0.1, 0.15) is 0 Å². The van der Waals surface area contributed by atoms with Crippen molar-refractivity contribution in [1.82, 2.24) is 0 Å². The average Bonchev–Trinajstić information content (AvgIpc) is 1.80. The van der Waals surface area contributed by atoms with Crippen molar-refractivity contribution in [3.8, 4) is 0 Å². The molecule has 0 amide bonds. The third-order valence-corrected chi connectivity index (χ3v) is 1.88. The van der Waals surface area contributed by atoms with E-state index in [1.54, 1.807) is 0 Å². The molecule has 1 aliphatic carbocycles. The predicted molar refractivity (Wildman–Crippen MR) is 49.0 cm³/mol. The molecule has 0 atom stereocenters. The average molecular weight is 170 g/mol. The Labute approximate surface area is 74.2 Å². The Kier molecular flexibility index (Phi) is 2.91. The summed E-state index contributed by atoms with van der Waals surface area (Å²) in [6.45, 7) is 6.37. The monoisotopic (exact) mass is 170 g/mol. The van der Waals surface area contributed by atoms with E-state index in [0.717, 1.165) is 12.8 Å². The van der Waals surface area contributed by atoms with Gasteiger partial charge in [-0.25, -0.2) is 0 Å². The summed E-state index contributed by atoms with van der Waals surface area (Å²) < 4.78 is 5.73. The molecule has 0 aromatic carbocycles. The minimum Gasteiger partial charge on any atom is -0.392 e. The van der Waals surface area contributed by atoms with Crippen molar-refractivity contribution in [2.45, 2.75) is 45.3 Å². The third-order valence-electron chi connectivity index (χ3n) is 1.88. The first-order valence-electron chi connectivity index (χ1n) is 4.48. The lowest BCUT2D eigenvalue weighted by atomic mass is 9.88. The molecular formula is C10H18O2. The van der Waals surface area contributed by atoms with Gasteiger partial charge in [0.25, 0.3) is 0 Å². The molecule has 70 valence electrons. The van der Waals surface area contributed by atoms with Crippen LogP contribution >= 0.6 is 0 Å². The van der Waals surface area contributed by atoms with E-state index in [0.29, 0.717) is 6.10 Å². The standard InChI is InChI=1S/C10H18O2/c1-10(2,3)12-9-6-8(7-9)4-5-11/h4,9,11H,5-7H2,1-3H3. The minimum atomic E-state index is -0.0323. The number of aliphatic hydroxyl groups is 1. The van der Waals surface area contributed by atoms with Gasteiger partial charge in [0, 0.05) is 0 Å². The van der Waals surface area contributed by atoms with Crippen molar-refractivity contribution in [3.05, 3.63) is 11.6 Å². The normalized spacial score (nSPS) is 23.7. The fourth-order valence-electron chi connectivity index (χ4n) is 1.40. The van der Waals surface area contributed by atoms with Gasteiger partial charge in [-0.15, -0.1) is 0 Å². The van der Waals surface area contributed by atoms with Crippen LogP contribution in [-0.2, 0) is 4.74 Å². The molecule has 2 heteroatoms. The van der Waals surface area contributed by atoms with Crippen molar-refractivity contribution in [3.63, 3.8) is 0 Å². The lowest BCUT2D eigenvalue weighted by molar-refractivity contribution is -0.0753. The van der Waals surface area contributed by atoms with Crippen LogP contribution in [0.15, 0.2) is 11.6 Å². The molecule has 0 heterocycles. The summed E-state index contributed by atoms with van der Waals surface area (Å²) in [7, 11) is 0. The molecular weight excluding hydrogens is 152 g/mol. The number of ether oxygens (including phenoxy) is 1. The van der Waals surface area contributed by atoms with Crippen LogP contribution < -0.4 is 0 Å². The maximum atomic E-state index is 8.60. The maximum Gasteiger partial charge on any atom is 0.0656 e. The zero-order valence-corrected chi connectivity index (χ0v) is 8.13. The molecule has 0 aromatic heterocycles. The fourth-order valence-corrected chi connectivity index (χ4v) is 1.40. The lowest BCUT2D eigenvalue weighted by Gasteiger charge is -2.35. The van der Waals surface area contributed by atoms with Gasteiger partial charge in [-0.1, -0.05) is 11.6 Å². The Balaban J connectivity index is 2.22. The van der Waals surface area contributed by atoms with E-state index in [9.17, 15) is 0 Å². The van der Waals surface area contributed by atoms with Gasteiger partial charge in [0.2, 0.25) is 0 Å². The first kappa shape index (κ1) is 9.75. The smallest absolute Gasteiger partial charge is 0.0656 e. The Bertz CT molecular complexity index is 169. The number of rotatable bonds is 2. The highest BCUT2D eigenvalue weighted by Gasteiger charge is 2.27. The van der Waals surface area contributed by atoms with E-state index in [-0.39, 0.29) is 12.2 Å². The van der Waals surface area contributed by atoms with E-state index in [2.05, 4.69) is 20.8 Å². The Morgan fingerprint density at radius 1 is 1.50 bits per heavy atom. The fraction of sp³-hybridized carbons (Fsp3) is 0.800. The molecule has 1 saturated carbocycles. The van der Waals surface area contributed by atoms with Crippen molar-refractivity contribution in [2.75, 3.05) is 6.61 Å². The zero-order chi connectivity index (χ0) is 9.19. The van der Waals surface area contributed by atoms with Crippen molar-refractivity contribution < 1.29 is 9.84 Å². The predicted octanol–water partition coefficient (Wildman–Crippen LogP) is 1.88. The van der Waals surface area contributed by atoms with Gasteiger partial charge in [-0.3, -0.25) is 0 Å². The molecule has 0 radical (unpaired) electrons. The summed E-state index contributed by atoms with van der Waals surface area (Å²) in [5.74, 6) is 0. The second-order valence-electron chi connectivity index (χ2n) is 4.31. The quantitative estimate of drug-likeness (QED) is 0.641. The molecule has 0 unspecified atom stereocenters. The summed E-state index contributed by atoms with van der Waals surface area (Å²) in [6.07, 6.45) is 4.25. The van der Waals surface area contributed by atoms with Crippen molar-refractivity contribution >= 4 is 0 Å². The van der Waals surface area contributed by atoms with E-state index >= 15 is 0 Å². The second kappa shape index (κ2) is 3.58. The highest BCUT2D eigenvalue weighted by molar-refractivity contribution is 5.14. The Hall–Kier alpha value is -0.340. The Morgan fingerprint density at radius 2 is 2.08 bits per heavy atom. The van der Waals surface area contributed by atoms with Crippen LogP contribution in [0.4, 0.5) is 0 Å². The number of aliphatic hydroxyl groups excluding tert-OH is 1. The lowest BCUT2D eigenvalue weighted by Crippen LogP contribution is -2.33. The number of hydrogen-bond acceptors (Lipinski definition) is 2. The summed E-state index contributed by atoms with van der Waals surface area (Å²) in [6, 6.07) is 0. The second-order valence-corrected chi connectivity index (χ2v) is 4.31. The molecule has 2 nitrogen and oxygen atoms in total. The van der Waals surface area contributed by atoms with Gasteiger partial charge >= 0.3 is 0 Å². The first-order chi connectivity index (χ1) is 5.51. The maximum absolute atomic E-state index is 8.60. The van der Waals surface area contributed by atoms with Crippen LogP contribution in [-0.4, -0.2) is 23.4 Å². The summed E-state index contributed by atoms with van der Waals surface area (Å²) in [4.78, 5) is 0. The third kappa shape index (κ3) is 2.95. The molecule has 0 bridgehead atoms. The highest BCUT2D eigenvalue weighted by atomic mass is 16.5. The van der Waals surface area contributed by atoms with E-state index < -0.39 is 0 Å². The molecule has 12 heavy (non-hydrogen) atoms.